The van der Waals surface area contributed by atoms with E-state index < -0.39 is 12.0 Å². The van der Waals surface area contributed by atoms with Gasteiger partial charge in [0, 0.05) is 42.7 Å². The standard InChI is InChI=1S/C31H33N3O6/c1-21(35)34(18-23-8-4-7-11-29(23)38-2)19-25(16-24-17-32-28-10-6-5-9-27(24)28)33-30(36)20-40-26-14-12-22(13-15-26)31(37)39-3/h4-15,17,25,32H,16,18-20H2,1-3H3,(H,33,36)/t25-/m1/s1. The molecule has 0 bridgehead atoms. The first-order valence-electron chi connectivity index (χ1n) is 12.9. The fraction of sp³-hybridized carbons (Fsp3) is 0.258. The molecule has 0 aliphatic carbocycles. The summed E-state index contributed by atoms with van der Waals surface area (Å²) in [5, 5.41) is 4.11. The predicted octanol–water partition coefficient (Wildman–Crippen LogP) is 4.12. The number of amides is 2. The zero-order valence-electron chi connectivity index (χ0n) is 22.8. The third-order valence-electron chi connectivity index (χ3n) is 6.59. The first-order valence-corrected chi connectivity index (χ1v) is 12.9. The maximum atomic E-state index is 13.0. The van der Waals surface area contributed by atoms with E-state index in [0.29, 0.717) is 30.0 Å². The van der Waals surface area contributed by atoms with Gasteiger partial charge in [0.15, 0.2) is 6.61 Å². The number of rotatable bonds is 12. The van der Waals surface area contributed by atoms with Crippen LogP contribution in [0.5, 0.6) is 11.5 Å². The Balaban J connectivity index is 1.49. The molecule has 0 unspecified atom stereocenters. The topological polar surface area (TPSA) is 110 Å². The summed E-state index contributed by atoms with van der Waals surface area (Å²) >= 11 is 0. The van der Waals surface area contributed by atoms with E-state index in [1.807, 2.05) is 54.7 Å². The molecule has 208 valence electrons. The van der Waals surface area contributed by atoms with Crippen LogP contribution in [0.4, 0.5) is 0 Å². The molecule has 0 saturated heterocycles. The van der Waals surface area contributed by atoms with E-state index in [4.69, 9.17) is 14.2 Å². The molecule has 9 nitrogen and oxygen atoms in total. The average molecular weight is 544 g/mol. The molecule has 0 spiro atoms. The molecule has 0 aliphatic rings. The first-order chi connectivity index (χ1) is 19.4. The third-order valence-corrected chi connectivity index (χ3v) is 6.59. The molecule has 4 aromatic rings. The van der Waals surface area contributed by atoms with Crippen molar-refractivity contribution >= 4 is 28.7 Å². The van der Waals surface area contributed by atoms with Crippen LogP contribution in [0.3, 0.4) is 0 Å². The van der Waals surface area contributed by atoms with Crippen molar-refractivity contribution < 1.29 is 28.6 Å². The van der Waals surface area contributed by atoms with Gasteiger partial charge >= 0.3 is 5.97 Å². The highest BCUT2D eigenvalue weighted by Crippen LogP contribution is 2.22. The number of ether oxygens (including phenoxy) is 3. The normalized spacial score (nSPS) is 11.5. The Morgan fingerprint density at radius 1 is 0.925 bits per heavy atom. The van der Waals surface area contributed by atoms with E-state index in [1.54, 1.807) is 36.3 Å². The first kappa shape index (κ1) is 28.2. The van der Waals surface area contributed by atoms with Crippen LogP contribution in [-0.2, 0) is 27.3 Å². The van der Waals surface area contributed by atoms with E-state index in [9.17, 15) is 14.4 Å². The molecule has 0 saturated carbocycles. The monoisotopic (exact) mass is 543 g/mol. The van der Waals surface area contributed by atoms with Crippen LogP contribution in [-0.4, -0.2) is 61.1 Å². The lowest BCUT2D eigenvalue weighted by atomic mass is 10.0. The minimum absolute atomic E-state index is 0.119. The van der Waals surface area contributed by atoms with Crippen LogP contribution >= 0.6 is 0 Å². The van der Waals surface area contributed by atoms with Gasteiger partial charge in [0.2, 0.25) is 5.91 Å². The van der Waals surface area contributed by atoms with Crippen molar-refractivity contribution in [2.45, 2.75) is 25.9 Å². The lowest BCUT2D eigenvalue weighted by Crippen LogP contribution is -2.47. The van der Waals surface area contributed by atoms with Crippen LogP contribution in [0.1, 0.15) is 28.4 Å². The summed E-state index contributed by atoms with van der Waals surface area (Å²) in [5.41, 5.74) is 3.29. The zero-order chi connectivity index (χ0) is 28.5. The van der Waals surface area contributed by atoms with Gasteiger partial charge < -0.3 is 29.4 Å². The van der Waals surface area contributed by atoms with E-state index in [-0.39, 0.29) is 25.0 Å². The molecule has 3 aromatic carbocycles. The SMILES string of the molecule is COC(=O)c1ccc(OCC(=O)N[C@H](Cc2c[nH]c3ccccc23)CN(Cc2ccccc2OC)C(C)=O)cc1. The second kappa shape index (κ2) is 13.3. The fourth-order valence-electron chi connectivity index (χ4n) is 4.56. The summed E-state index contributed by atoms with van der Waals surface area (Å²) in [6.45, 7) is 1.91. The van der Waals surface area contributed by atoms with Crippen LogP contribution in [0.15, 0.2) is 79.0 Å². The van der Waals surface area contributed by atoms with Crippen molar-refractivity contribution in [3.8, 4) is 11.5 Å². The lowest BCUT2D eigenvalue weighted by molar-refractivity contribution is -0.131. The summed E-state index contributed by atoms with van der Waals surface area (Å²) < 4.78 is 15.8. The largest absolute Gasteiger partial charge is 0.496 e. The van der Waals surface area contributed by atoms with Crippen molar-refractivity contribution in [2.24, 2.45) is 0 Å². The maximum absolute atomic E-state index is 13.0. The minimum Gasteiger partial charge on any atom is -0.496 e. The van der Waals surface area contributed by atoms with Gasteiger partial charge in [-0.25, -0.2) is 4.79 Å². The Morgan fingerprint density at radius 2 is 1.65 bits per heavy atom. The van der Waals surface area contributed by atoms with Crippen molar-refractivity contribution in [3.05, 3.63) is 95.7 Å². The van der Waals surface area contributed by atoms with E-state index in [2.05, 4.69) is 10.3 Å². The Labute approximate surface area is 233 Å². The van der Waals surface area contributed by atoms with Gasteiger partial charge in [-0.15, -0.1) is 0 Å². The van der Waals surface area contributed by atoms with Crippen molar-refractivity contribution in [1.82, 2.24) is 15.2 Å². The molecular weight excluding hydrogens is 510 g/mol. The highest BCUT2D eigenvalue weighted by Gasteiger charge is 2.22. The number of hydrogen-bond acceptors (Lipinski definition) is 6. The quantitative estimate of drug-likeness (QED) is 0.260. The van der Waals surface area contributed by atoms with Gasteiger partial charge in [0.1, 0.15) is 11.5 Å². The fourth-order valence-corrected chi connectivity index (χ4v) is 4.56. The highest BCUT2D eigenvalue weighted by molar-refractivity contribution is 5.89. The molecule has 1 aromatic heterocycles. The van der Waals surface area contributed by atoms with Crippen LogP contribution in [0.2, 0.25) is 0 Å². The number of carbonyl (C=O) groups excluding carboxylic acids is 3. The van der Waals surface area contributed by atoms with Crippen LogP contribution < -0.4 is 14.8 Å². The number of esters is 1. The molecule has 9 heteroatoms. The van der Waals surface area contributed by atoms with Gasteiger partial charge in [-0.1, -0.05) is 36.4 Å². The average Bonchev–Trinajstić information content (AvgIpc) is 3.38. The molecule has 2 N–H and O–H groups in total. The second-order valence-electron chi connectivity index (χ2n) is 9.34. The number of H-pyrrole nitrogens is 1. The Hall–Kier alpha value is -4.79. The Bertz CT molecular complexity index is 1460. The number of fused-ring (bicyclic) bond motifs is 1. The minimum atomic E-state index is -0.451. The van der Waals surface area contributed by atoms with Crippen LogP contribution in [0.25, 0.3) is 10.9 Å². The molecule has 0 fully saturated rings. The van der Waals surface area contributed by atoms with Crippen LogP contribution in [0, 0.1) is 0 Å². The Kier molecular flexibility index (Phi) is 9.40. The molecular formula is C31H33N3O6. The molecule has 40 heavy (non-hydrogen) atoms. The molecule has 2 amide bonds. The molecule has 4 rings (SSSR count). The maximum Gasteiger partial charge on any atom is 0.337 e. The summed E-state index contributed by atoms with van der Waals surface area (Å²) in [7, 11) is 2.91. The number of nitrogens with zero attached hydrogens (tertiary/aromatic N) is 1. The number of para-hydroxylation sites is 2. The second-order valence-corrected chi connectivity index (χ2v) is 9.34. The van der Waals surface area contributed by atoms with Crippen molar-refractivity contribution in [1.29, 1.82) is 0 Å². The number of aromatic amines is 1. The molecule has 0 aliphatic heterocycles. The smallest absolute Gasteiger partial charge is 0.337 e. The van der Waals surface area contributed by atoms with Gasteiger partial charge in [-0.3, -0.25) is 9.59 Å². The van der Waals surface area contributed by atoms with Crippen molar-refractivity contribution in [3.63, 3.8) is 0 Å². The molecule has 0 radical (unpaired) electrons. The number of carbonyl (C=O) groups is 3. The number of benzene rings is 3. The number of nitrogens with one attached hydrogen (secondary N) is 2. The number of hydrogen-bond donors (Lipinski definition) is 2. The number of methoxy groups -OCH3 is 2. The molecule has 1 heterocycles. The van der Waals surface area contributed by atoms with Gasteiger partial charge in [0.25, 0.3) is 5.91 Å². The summed E-state index contributed by atoms with van der Waals surface area (Å²) in [5.74, 6) is 0.233. The summed E-state index contributed by atoms with van der Waals surface area (Å²) in [4.78, 5) is 42.3. The highest BCUT2D eigenvalue weighted by atomic mass is 16.5. The molecule has 1 atom stereocenters. The zero-order valence-corrected chi connectivity index (χ0v) is 22.8. The predicted molar refractivity (Wildman–Crippen MR) is 151 cm³/mol. The number of aromatic nitrogens is 1. The van der Waals surface area contributed by atoms with Gasteiger partial charge in [0.05, 0.1) is 25.8 Å². The van der Waals surface area contributed by atoms with E-state index in [1.165, 1.54) is 14.0 Å². The summed E-state index contributed by atoms with van der Waals surface area (Å²) in [6.07, 6.45) is 2.43. The Morgan fingerprint density at radius 3 is 2.38 bits per heavy atom. The van der Waals surface area contributed by atoms with Crippen molar-refractivity contribution in [2.75, 3.05) is 27.4 Å². The third kappa shape index (κ3) is 7.19. The summed E-state index contributed by atoms with van der Waals surface area (Å²) in [6, 6.07) is 21.5. The van der Waals surface area contributed by atoms with E-state index in [0.717, 1.165) is 22.0 Å². The van der Waals surface area contributed by atoms with E-state index >= 15 is 0 Å². The van der Waals surface area contributed by atoms with Gasteiger partial charge in [-0.2, -0.15) is 0 Å². The lowest BCUT2D eigenvalue weighted by Gasteiger charge is -2.28. The van der Waals surface area contributed by atoms with Gasteiger partial charge in [-0.05, 0) is 48.4 Å².